The molecule has 34 heavy (non-hydrogen) atoms. The molecule has 0 fully saturated rings. The molecule has 172 valence electrons. The quantitative estimate of drug-likeness (QED) is 0.392. The van der Waals surface area contributed by atoms with Crippen molar-refractivity contribution >= 4 is 29.3 Å². The van der Waals surface area contributed by atoms with Crippen LogP contribution in [0.15, 0.2) is 89.2 Å². The van der Waals surface area contributed by atoms with Crippen molar-refractivity contribution in [2.75, 3.05) is 5.32 Å². The monoisotopic (exact) mass is 471 g/mol. The van der Waals surface area contributed by atoms with Crippen LogP contribution in [0.4, 0.5) is 5.69 Å². The Bertz CT molecular complexity index is 1300. The normalized spacial score (nSPS) is 10.6. The minimum absolute atomic E-state index is 0.135. The molecule has 2 heterocycles. The van der Waals surface area contributed by atoms with Crippen LogP contribution in [0.5, 0.6) is 0 Å². The van der Waals surface area contributed by atoms with Crippen molar-refractivity contribution in [3.05, 3.63) is 102 Å². The molecule has 7 nitrogen and oxygen atoms in total. The fraction of sp³-hybridized carbons (Fsp3) is 0.154. The first-order valence-corrected chi connectivity index (χ1v) is 11.6. The first kappa shape index (κ1) is 23.3. The van der Waals surface area contributed by atoms with Crippen molar-refractivity contribution in [1.29, 1.82) is 0 Å². The summed E-state index contributed by atoms with van der Waals surface area (Å²) >= 11 is 1.48. The third-order valence-electron chi connectivity index (χ3n) is 5.08. The molecule has 2 aromatic carbocycles. The van der Waals surface area contributed by atoms with Crippen LogP contribution in [0.2, 0.25) is 0 Å². The highest BCUT2D eigenvalue weighted by Gasteiger charge is 2.14. The number of aromatic nitrogens is 3. The molecular weight excluding hydrogens is 446 g/mol. The lowest BCUT2D eigenvalue weighted by atomic mass is 10.2. The van der Waals surface area contributed by atoms with Gasteiger partial charge in [-0.2, -0.15) is 5.10 Å². The van der Waals surface area contributed by atoms with Crippen LogP contribution in [0.25, 0.3) is 0 Å². The fourth-order valence-electron chi connectivity index (χ4n) is 3.44. The van der Waals surface area contributed by atoms with Gasteiger partial charge in [-0.1, -0.05) is 41.6 Å². The molecular formula is C26H25N5O2S. The second kappa shape index (κ2) is 10.8. The van der Waals surface area contributed by atoms with Gasteiger partial charge in [-0.05, 0) is 61.4 Å². The first-order valence-electron chi connectivity index (χ1n) is 10.8. The number of hydrogen-bond donors (Lipinski definition) is 2. The molecule has 8 heteroatoms. The number of amides is 2. The molecule has 0 saturated carbocycles. The molecule has 0 atom stereocenters. The average Bonchev–Trinajstić information content (AvgIpc) is 3.33. The molecule has 2 amide bonds. The Morgan fingerprint density at radius 1 is 1.00 bits per heavy atom. The van der Waals surface area contributed by atoms with E-state index in [1.54, 1.807) is 41.5 Å². The van der Waals surface area contributed by atoms with Gasteiger partial charge in [0, 0.05) is 35.7 Å². The van der Waals surface area contributed by atoms with E-state index in [9.17, 15) is 9.59 Å². The first-order chi connectivity index (χ1) is 16.5. The summed E-state index contributed by atoms with van der Waals surface area (Å²) in [6.45, 7) is 4.57. The highest BCUT2D eigenvalue weighted by molar-refractivity contribution is 7.99. The number of carbonyl (C=O) groups is 2. The highest BCUT2D eigenvalue weighted by Crippen LogP contribution is 2.31. The summed E-state index contributed by atoms with van der Waals surface area (Å²) < 4.78 is 1.56. The summed E-state index contributed by atoms with van der Waals surface area (Å²) in [5.41, 5.74) is 4.40. The summed E-state index contributed by atoms with van der Waals surface area (Å²) in [6, 6.07) is 18.9. The second-order valence-electron chi connectivity index (χ2n) is 7.86. The Morgan fingerprint density at radius 2 is 1.88 bits per heavy atom. The molecule has 0 saturated heterocycles. The molecule has 4 aromatic rings. The highest BCUT2D eigenvalue weighted by atomic mass is 32.2. The number of benzene rings is 2. The minimum Gasteiger partial charge on any atom is -0.348 e. The summed E-state index contributed by atoms with van der Waals surface area (Å²) in [5, 5.41) is 10.5. The van der Waals surface area contributed by atoms with Gasteiger partial charge in [0.15, 0.2) is 0 Å². The van der Waals surface area contributed by atoms with Crippen molar-refractivity contribution < 1.29 is 9.59 Å². The maximum Gasteiger partial charge on any atom is 0.254 e. The zero-order valence-electron chi connectivity index (χ0n) is 19.0. The second-order valence-corrected chi connectivity index (χ2v) is 8.89. The maximum absolute atomic E-state index is 13.0. The Balaban J connectivity index is 1.39. The molecule has 0 bridgehead atoms. The van der Waals surface area contributed by atoms with Crippen LogP contribution in [-0.2, 0) is 17.9 Å². The maximum atomic E-state index is 13.0. The summed E-state index contributed by atoms with van der Waals surface area (Å²) in [4.78, 5) is 30.7. The van der Waals surface area contributed by atoms with Gasteiger partial charge in [-0.3, -0.25) is 14.3 Å². The van der Waals surface area contributed by atoms with E-state index in [0.29, 0.717) is 22.8 Å². The van der Waals surface area contributed by atoms with E-state index in [1.807, 2.05) is 24.3 Å². The van der Waals surface area contributed by atoms with Crippen molar-refractivity contribution in [3.63, 3.8) is 0 Å². The lowest BCUT2D eigenvalue weighted by Crippen LogP contribution is -2.24. The number of anilines is 1. The van der Waals surface area contributed by atoms with E-state index in [1.165, 1.54) is 17.3 Å². The zero-order chi connectivity index (χ0) is 23.9. The zero-order valence-corrected chi connectivity index (χ0v) is 19.8. The molecule has 0 unspecified atom stereocenters. The third-order valence-corrected chi connectivity index (χ3v) is 6.28. The number of hydrogen-bond acceptors (Lipinski definition) is 5. The van der Waals surface area contributed by atoms with Crippen molar-refractivity contribution in [1.82, 2.24) is 20.1 Å². The third kappa shape index (κ3) is 6.11. The molecule has 2 aromatic heterocycles. The van der Waals surface area contributed by atoms with Crippen molar-refractivity contribution in [2.24, 2.45) is 0 Å². The molecule has 0 aliphatic carbocycles. The number of nitrogens with one attached hydrogen (secondary N) is 2. The van der Waals surface area contributed by atoms with Gasteiger partial charge < -0.3 is 10.6 Å². The molecule has 0 aliphatic heterocycles. The lowest BCUT2D eigenvalue weighted by molar-refractivity contribution is -0.116. The Labute approximate surface area is 202 Å². The molecule has 0 aliphatic rings. The Morgan fingerprint density at radius 3 is 2.68 bits per heavy atom. The number of pyridine rings is 1. The fourth-order valence-corrected chi connectivity index (χ4v) is 4.39. The van der Waals surface area contributed by atoms with E-state index < -0.39 is 0 Å². The van der Waals surface area contributed by atoms with Gasteiger partial charge in [0.2, 0.25) is 5.91 Å². The van der Waals surface area contributed by atoms with Crippen LogP contribution < -0.4 is 10.6 Å². The van der Waals surface area contributed by atoms with Gasteiger partial charge in [-0.25, -0.2) is 4.98 Å². The van der Waals surface area contributed by atoms with Crippen LogP contribution >= 0.6 is 11.8 Å². The predicted molar refractivity (Wildman–Crippen MR) is 133 cm³/mol. The van der Waals surface area contributed by atoms with E-state index in [-0.39, 0.29) is 18.4 Å². The molecule has 4 rings (SSSR count). The Kier molecular flexibility index (Phi) is 7.39. The van der Waals surface area contributed by atoms with Crippen LogP contribution in [0, 0.1) is 13.8 Å². The summed E-state index contributed by atoms with van der Waals surface area (Å²) in [5.74, 6) is -0.373. The topological polar surface area (TPSA) is 88.9 Å². The molecule has 0 radical (unpaired) electrons. The Hall–Kier alpha value is -3.91. The van der Waals surface area contributed by atoms with Crippen molar-refractivity contribution in [2.45, 2.75) is 36.9 Å². The number of aryl methyl sites for hydroxylation is 2. The smallest absolute Gasteiger partial charge is 0.254 e. The van der Waals surface area contributed by atoms with E-state index in [2.05, 4.69) is 52.8 Å². The van der Waals surface area contributed by atoms with E-state index in [4.69, 9.17) is 0 Å². The standard InChI is InChI=1S/C26H25N5O2S/c1-18-9-10-23(19(2)14-18)34-26-22(8-4-11-27-26)25(33)28-16-20-6-3-7-21(15-20)30-24(32)17-31-13-5-12-29-31/h3-15H,16-17H2,1-2H3,(H,28,33)(H,30,32). The van der Waals surface area contributed by atoms with Crippen LogP contribution in [-0.4, -0.2) is 26.6 Å². The average molecular weight is 472 g/mol. The SMILES string of the molecule is Cc1ccc(Sc2ncccc2C(=O)NCc2cccc(NC(=O)Cn3cccn3)c2)c(C)c1. The van der Waals surface area contributed by atoms with Gasteiger partial charge in [-0.15, -0.1) is 0 Å². The van der Waals surface area contributed by atoms with Gasteiger partial charge >= 0.3 is 0 Å². The van der Waals surface area contributed by atoms with E-state index >= 15 is 0 Å². The predicted octanol–water partition coefficient (Wildman–Crippen LogP) is 4.61. The van der Waals surface area contributed by atoms with E-state index in [0.717, 1.165) is 16.0 Å². The largest absolute Gasteiger partial charge is 0.348 e. The van der Waals surface area contributed by atoms with Gasteiger partial charge in [0.25, 0.3) is 5.91 Å². The molecule has 2 N–H and O–H groups in total. The van der Waals surface area contributed by atoms with Gasteiger partial charge in [0.05, 0.1) is 5.56 Å². The number of nitrogens with zero attached hydrogens (tertiary/aromatic N) is 3. The van der Waals surface area contributed by atoms with Crippen molar-refractivity contribution in [3.8, 4) is 0 Å². The number of carbonyl (C=O) groups excluding carboxylic acids is 2. The van der Waals surface area contributed by atoms with Gasteiger partial charge in [0.1, 0.15) is 11.6 Å². The van der Waals surface area contributed by atoms with Crippen LogP contribution in [0.3, 0.4) is 0 Å². The summed E-state index contributed by atoms with van der Waals surface area (Å²) in [7, 11) is 0. The van der Waals surface area contributed by atoms with Crippen LogP contribution in [0.1, 0.15) is 27.0 Å². The lowest BCUT2D eigenvalue weighted by Gasteiger charge is -2.12. The molecule has 0 spiro atoms. The summed E-state index contributed by atoms with van der Waals surface area (Å²) in [6.07, 6.45) is 5.05. The number of rotatable bonds is 8. The minimum atomic E-state index is -0.200.